The fraction of sp³-hybridized carbons (Fsp3) is 0. The van der Waals surface area contributed by atoms with Crippen LogP contribution < -0.4 is 9.80 Å². The second kappa shape index (κ2) is 19.3. The lowest BCUT2D eigenvalue weighted by Crippen LogP contribution is -2.13. The van der Waals surface area contributed by atoms with Crippen LogP contribution in [0.4, 0.5) is 34.1 Å². The third kappa shape index (κ3) is 8.09. The highest BCUT2D eigenvalue weighted by molar-refractivity contribution is 7.26. The standard InChI is InChI=1S/C72H49N3S/c1-6-20-50(21-7-1)52-38-42-60(43-39-52)73(57-24-10-3-11-25-57)62-46-56(47-63(48-62)74(58-26-12-4-13-27-58)61-44-40-53(41-45-61)51-22-8-2-9-23-51)54-34-36-55(37-35-54)66-49-67-64-30-16-18-32-68(64)75(59-28-14-5-15-29-59)71(67)70-65-31-17-19-33-69(65)76-72(66)70/h1-49H. The molecule has 0 unspecified atom stereocenters. The molecule has 76 heavy (non-hydrogen) atoms. The summed E-state index contributed by atoms with van der Waals surface area (Å²) >= 11 is 1.89. The fourth-order valence-electron chi connectivity index (χ4n) is 11.2. The molecule has 12 aromatic carbocycles. The molecule has 0 saturated heterocycles. The van der Waals surface area contributed by atoms with Crippen molar-refractivity contribution in [2.45, 2.75) is 0 Å². The minimum atomic E-state index is 1.05. The average Bonchev–Trinajstić information content (AvgIpc) is 4.19. The highest BCUT2D eigenvalue weighted by Gasteiger charge is 2.23. The maximum Gasteiger partial charge on any atom is 0.0634 e. The van der Waals surface area contributed by atoms with Gasteiger partial charge in [-0.05, 0) is 136 Å². The van der Waals surface area contributed by atoms with Crippen molar-refractivity contribution in [1.29, 1.82) is 0 Å². The highest BCUT2D eigenvalue weighted by atomic mass is 32.1. The Hall–Kier alpha value is -9.74. The second-order valence-corrected chi connectivity index (χ2v) is 20.3. The van der Waals surface area contributed by atoms with E-state index < -0.39 is 0 Å². The number of thiophene rings is 1. The topological polar surface area (TPSA) is 11.4 Å². The lowest BCUT2D eigenvalue weighted by atomic mass is 9.96. The summed E-state index contributed by atoms with van der Waals surface area (Å²) in [5.74, 6) is 0. The molecule has 0 amide bonds. The van der Waals surface area contributed by atoms with Crippen LogP contribution >= 0.6 is 11.3 Å². The molecule has 0 aliphatic carbocycles. The van der Waals surface area contributed by atoms with Crippen molar-refractivity contribution >= 4 is 87.4 Å². The van der Waals surface area contributed by atoms with Gasteiger partial charge in [-0.15, -0.1) is 11.3 Å². The van der Waals surface area contributed by atoms with Crippen molar-refractivity contribution in [2.75, 3.05) is 9.80 Å². The zero-order chi connectivity index (χ0) is 50.4. The van der Waals surface area contributed by atoms with Crippen LogP contribution in [0.2, 0.25) is 0 Å². The minimum absolute atomic E-state index is 1.05. The molecule has 0 spiro atoms. The van der Waals surface area contributed by atoms with E-state index in [1.807, 2.05) is 11.3 Å². The lowest BCUT2D eigenvalue weighted by Gasteiger charge is -2.30. The van der Waals surface area contributed by atoms with Crippen molar-refractivity contribution in [3.8, 4) is 50.2 Å². The first kappa shape index (κ1) is 44.9. The molecule has 4 heteroatoms. The number of hydrogen-bond acceptors (Lipinski definition) is 3. The number of hydrogen-bond donors (Lipinski definition) is 0. The molecule has 358 valence electrons. The molecule has 14 aromatic rings. The van der Waals surface area contributed by atoms with E-state index in [4.69, 9.17) is 0 Å². The number of anilines is 6. The molecule has 3 nitrogen and oxygen atoms in total. The van der Waals surface area contributed by atoms with Crippen molar-refractivity contribution in [2.24, 2.45) is 0 Å². The van der Waals surface area contributed by atoms with Crippen LogP contribution in [0.25, 0.3) is 92.2 Å². The van der Waals surface area contributed by atoms with E-state index >= 15 is 0 Å². The van der Waals surface area contributed by atoms with Gasteiger partial charge in [-0.1, -0.05) is 200 Å². The van der Waals surface area contributed by atoms with Crippen LogP contribution in [0.15, 0.2) is 297 Å². The Morgan fingerprint density at radius 2 is 0.684 bits per heavy atom. The Balaban J connectivity index is 0.957. The number of benzene rings is 12. The Morgan fingerprint density at radius 3 is 1.24 bits per heavy atom. The van der Waals surface area contributed by atoms with Crippen molar-refractivity contribution in [3.63, 3.8) is 0 Å². The van der Waals surface area contributed by atoms with Gasteiger partial charge in [0.25, 0.3) is 0 Å². The quantitative estimate of drug-likeness (QED) is 0.128. The fourth-order valence-corrected chi connectivity index (χ4v) is 12.4. The minimum Gasteiger partial charge on any atom is -0.310 e. The zero-order valence-corrected chi connectivity index (χ0v) is 42.4. The summed E-state index contributed by atoms with van der Waals surface area (Å²) < 4.78 is 5.04. The van der Waals surface area contributed by atoms with Gasteiger partial charge >= 0.3 is 0 Å². The van der Waals surface area contributed by atoms with Crippen molar-refractivity contribution in [3.05, 3.63) is 297 Å². The van der Waals surface area contributed by atoms with E-state index in [-0.39, 0.29) is 0 Å². The molecule has 0 aliphatic rings. The van der Waals surface area contributed by atoms with Crippen LogP contribution in [0.3, 0.4) is 0 Å². The molecule has 0 radical (unpaired) electrons. The summed E-state index contributed by atoms with van der Waals surface area (Å²) in [5.41, 5.74) is 19.4. The number of para-hydroxylation sites is 4. The molecule has 2 heterocycles. The first-order valence-electron chi connectivity index (χ1n) is 25.9. The highest BCUT2D eigenvalue weighted by Crippen LogP contribution is 2.49. The Morgan fingerprint density at radius 1 is 0.276 bits per heavy atom. The van der Waals surface area contributed by atoms with Gasteiger partial charge in [-0.3, -0.25) is 0 Å². The first-order valence-corrected chi connectivity index (χ1v) is 26.7. The zero-order valence-electron chi connectivity index (χ0n) is 41.5. The van der Waals surface area contributed by atoms with Gasteiger partial charge < -0.3 is 14.4 Å². The Kier molecular flexibility index (Phi) is 11.4. The normalized spacial score (nSPS) is 11.4. The van der Waals surface area contributed by atoms with Gasteiger partial charge in [0.15, 0.2) is 0 Å². The van der Waals surface area contributed by atoms with Crippen molar-refractivity contribution < 1.29 is 0 Å². The number of rotatable bonds is 11. The number of nitrogens with zero attached hydrogens (tertiary/aromatic N) is 3. The van der Waals surface area contributed by atoms with E-state index in [1.165, 1.54) is 75.4 Å². The van der Waals surface area contributed by atoms with E-state index in [0.717, 1.165) is 50.9 Å². The van der Waals surface area contributed by atoms with Crippen LogP contribution in [0, 0.1) is 0 Å². The Bertz CT molecular complexity index is 4200. The third-order valence-corrected chi connectivity index (χ3v) is 15.9. The molecule has 0 bridgehead atoms. The van der Waals surface area contributed by atoms with E-state index in [2.05, 4.69) is 312 Å². The van der Waals surface area contributed by atoms with E-state index in [0.29, 0.717) is 0 Å². The van der Waals surface area contributed by atoms with Crippen LogP contribution in [-0.4, -0.2) is 4.57 Å². The average molecular weight is 988 g/mol. The Labute approximate surface area is 446 Å². The maximum atomic E-state index is 2.47. The number of fused-ring (bicyclic) bond motifs is 7. The SMILES string of the molecule is c1ccc(-c2ccc(N(c3ccccc3)c3cc(-c4ccc(-c5cc6c7ccccc7n(-c7ccccc7)c6c6c5sc5ccccc56)cc4)cc(N(c4ccccc4)c4ccc(-c5ccccc5)cc4)c3)cc2)cc1. The monoisotopic (exact) mass is 987 g/mol. The summed E-state index contributed by atoms with van der Waals surface area (Å²) in [6, 6.07) is 108. The molecule has 0 fully saturated rings. The van der Waals surface area contributed by atoms with Gasteiger partial charge in [0, 0.05) is 76.3 Å². The summed E-state index contributed by atoms with van der Waals surface area (Å²) in [5, 5.41) is 5.08. The summed E-state index contributed by atoms with van der Waals surface area (Å²) in [6.07, 6.45) is 0. The predicted octanol–water partition coefficient (Wildman–Crippen LogP) is 20.8. The number of aromatic nitrogens is 1. The van der Waals surface area contributed by atoms with Gasteiger partial charge in [-0.2, -0.15) is 0 Å². The van der Waals surface area contributed by atoms with Gasteiger partial charge in [0.2, 0.25) is 0 Å². The van der Waals surface area contributed by atoms with Crippen LogP contribution in [-0.2, 0) is 0 Å². The molecular formula is C72H49N3S. The summed E-state index contributed by atoms with van der Waals surface area (Å²) in [6.45, 7) is 0. The molecule has 0 N–H and O–H groups in total. The van der Waals surface area contributed by atoms with Crippen LogP contribution in [0.1, 0.15) is 0 Å². The van der Waals surface area contributed by atoms with E-state index in [1.54, 1.807) is 0 Å². The predicted molar refractivity (Wildman–Crippen MR) is 325 cm³/mol. The summed E-state index contributed by atoms with van der Waals surface area (Å²) in [7, 11) is 0. The van der Waals surface area contributed by atoms with Gasteiger partial charge in [0.1, 0.15) is 0 Å². The molecular weight excluding hydrogens is 939 g/mol. The molecule has 0 aliphatic heterocycles. The van der Waals surface area contributed by atoms with Crippen LogP contribution in [0.5, 0.6) is 0 Å². The first-order chi connectivity index (χ1) is 37.7. The van der Waals surface area contributed by atoms with Crippen molar-refractivity contribution in [1.82, 2.24) is 4.57 Å². The molecule has 2 aromatic heterocycles. The maximum absolute atomic E-state index is 2.47. The largest absolute Gasteiger partial charge is 0.310 e. The molecule has 14 rings (SSSR count). The third-order valence-electron chi connectivity index (χ3n) is 14.7. The smallest absolute Gasteiger partial charge is 0.0634 e. The summed E-state index contributed by atoms with van der Waals surface area (Å²) in [4.78, 5) is 4.77. The van der Waals surface area contributed by atoms with Gasteiger partial charge in [-0.25, -0.2) is 0 Å². The second-order valence-electron chi connectivity index (χ2n) is 19.3. The van der Waals surface area contributed by atoms with Gasteiger partial charge in [0.05, 0.1) is 11.0 Å². The van der Waals surface area contributed by atoms with E-state index in [9.17, 15) is 0 Å². The molecule has 0 saturated carbocycles. The lowest BCUT2D eigenvalue weighted by molar-refractivity contribution is 1.19. The molecule has 0 atom stereocenters.